The van der Waals surface area contributed by atoms with Crippen molar-refractivity contribution in [2.45, 2.75) is 76.7 Å². The highest BCUT2D eigenvalue weighted by Crippen LogP contribution is 2.14. The van der Waals surface area contributed by atoms with Crippen molar-refractivity contribution in [3.63, 3.8) is 0 Å². The maximum absolute atomic E-state index is 13.4. The topological polar surface area (TPSA) is 255 Å². The second-order valence-electron chi connectivity index (χ2n) is 9.42. The number of aliphatic hydroxyl groups excluding tert-OH is 1. The van der Waals surface area contributed by atoms with Gasteiger partial charge in [0.05, 0.1) is 12.1 Å². The fraction of sp³-hybridized carbons (Fsp3) is 0.560. The summed E-state index contributed by atoms with van der Waals surface area (Å²) in [6, 6.07) is 1.16. The monoisotopic (exact) mass is 551 g/mol. The van der Waals surface area contributed by atoms with E-state index in [0.29, 0.717) is 18.4 Å². The molecule has 0 aromatic heterocycles. The number of aliphatic hydroxyl groups is 1. The molecule has 218 valence electrons. The lowest BCUT2D eigenvalue weighted by atomic mass is 9.96. The van der Waals surface area contributed by atoms with Crippen LogP contribution in [0.1, 0.15) is 45.6 Å². The van der Waals surface area contributed by atoms with Gasteiger partial charge in [-0.1, -0.05) is 32.4 Å². The van der Waals surface area contributed by atoms with Gasteiger partial charge in [-0.25, -0.2) is 4.79 Å². The summed E-state index contributed by atoms with van der Waals surface area (Å²) in [7, 11) is 0. The number of carboxylic acid groups (broad SMARTS) is 1. The van der Waals surface area contributed by atoms with Crippen LogP contribution in [-0.2, 0) is 25.6 Å². The van der Waals surface area contributed by atoms with Crippen molar-refractivity contribution in [2.75, 3.05) is 6.54 Å². The Morgan fingerprint density at radius 2 is 1.54 bits per heavy atom. The Kier molecular flexibility index (Phi) is 13.7. The molecule has 1 rings (SSSR count). The third kappa shape index (κ3) is 11.6. The molecule has 0 heterocycles. The van der Waals surface area contributed by atoms with Gasteiger partial charge in [-0.05, 0) is 43.4 Å². The first-order chi connectivity index (χ1) is 18.3. The predicted molar refractivity (Wildman–Crippen MR) is 144 cm³/mol. The molecule has 0 saturated carbocycles. The van der Waals surface area contributed by atoms with Crippen LogP contribution in [0.3, 0.4) is 0 Å². The quantitative estimate of drug-likeness (QED) is 0.0638. The van der Waals surface area contributed by atoms with Gasteiger partial charge in [0, 0.05) is 13.0 Å². The highest BCUT2D eigenvalue weighted by atomic mass is 16.4. The van der Waals surface area contributed by atoms with E-state index in [4.69, 9.17) is 17.2 Å². The molecule has 14 heteroatoms. The van der Waals surface area contributed by atoms with E-state index in [0.717, 1.165) is 0 Å². The van der Waals surface area contributed by atoms with E-state index in [1.807, 2.05) is 0 Å². The smallest absolute Gasteiger partial charge is 0.328 e. The number of carboxylic acids is 1. The average Bonchev–Trinajstić information content (AvgIpc) is 2.87. The summed E-state index contributed by atoms with van der Waals surface area (Å²) >= 11 is 0. The number of hydrogen-bond acceptors (Lipinski definition) is 8. The van der Waals surface area contributed by atoms with Crippen LogP contribution in [0.4, 0.5) is 0 Å². The number of nitrogens with one attached hydrogen (secondary N) is 3. The minimum absolute atomic E-state index is 0.0127. The van der Waals surface area contributed by atoms with Gasteiger partial charge >= 0.3 is 5.97 Å². The highest BCUT2D eigenvalue weighted by Gasteiger charge is 2.34. The molecule has 1 aromatic rings. The van der Waals surface area contributed by atoms with Crippen molar-refractivity contribution < 1.29 is 34.5 Å². The lowest BCUT2D eigenvalue weighted by Crippen LogP contribution is -2.60. The van der Waals surface area contributed by atoms with Gasteiger partial charge in [-0.2, -0.15) is 0 Å². The lowest BCUT2D eigenvalue weighted by molar-refractivity contribution is -0.145. The molecular weight excluding hydrogens is 510 g/mol. The molecule has 0 aliphatic heterocycles. The third-order valence-corrected chi connectivity index (χ3v) is 6.15. The van der Waals surface area contributed by atoms with Crippen LogP contribution in [-0.4, -0.2) is 81.8 Å². The number of benzene rings is 1. The van der Waals surface area contributed by atoms with Crippen LogP contribution in [0.2, 0.25) is 0 Å². The summed E-state index contributed by atoms with van der Waals surface area (Å²) in [5, 5.41) is 36.1. The molecule has 6 unspecified atom stereocenters. The van der Waals surface area contributed by atoms with Gasteiger partial charge in [-0.15, -0.1) is 0 Å². The second kappa shape index (κ2) is 16.1. The number of phenolic OH excluding ortho intramolecular Hbond substituents is 1. The zero-order chi connectivity index (χ0) is 29.7. The standard InChI is InChI=1S/C25H41N7O7/c1-4-13(2)19(23(37)32-20(14(3)33)24(38)39)31-22(36)18(12-15-7-9-16(34)10-8-15)30-21(35)17(26)6-5-11-29-25(27)28/h7-10,13-14,17-20,33-34H,4-6,11-12,26H2,1-3H3,(H,30,35)(H,31,36)(H,32,37)(H,38,39)(H4,27,28,29). The summed E-state index contributed by atoms with van der Waals surface area (Å²) in [4.78, 5) is 54.5. The summed E-state index contributed by atoms with van der Waals surface area (Å²) in [5.74, 6) is -4.01. The summed E-state index contributed by atoms with van der Waals surface area (Å²) in [6.07, 6.45) is -0.246. The Hall–Kier alpha value is -3.91. The molecule has 14 nitrogen and oxygen atoms in total. The number of hydrogen-bond donors (Lipinski definition) is 9. The van der Waals surface area contributed by atoms with Crippen LogP contribution >= 0.6 is 0 Å². The number of amides is 3. The molecule has 0 spiro atoms. The van der Waals surface area contributed by atoms with Crippen LogP contribution in [0.25, 0.3) is 0 Å². The molecule has 12 N–H and O–H groups in total. The van der Waals surface area contributed by atoms with E-state index in [2.05, 4.69) is 20.9 Å². The molecule has 0 aliphatic rings. The minimum atomic E-state index is -1.58. The Bertz CT molecular complexity index is 997. The average molecular weight is 552 g/mol. The van der Waals surface area contributed by atoms with Gasteiger partial charge < -0.3 is 48.5 Å². The van der Waals surface area contributed by atoms with Gasteiger partial charge in [0.1, 0.15) is 17.8 Å². The zero-order valence-electron chi connectivity index (χ0n) is 22.5. The Balaban J connectivity index is 3.12. The maximum Gasteiger partial charge on any atom is 0.328 e. The Labute approximate surface area is 227 Å². The van der Waals surface area contributed by atoms with E-state index in [1.54, 1.807) is 26.0 Å². The number of guanidine groups is 1. The number of aliphatic imine (C=N–C) groups is 1. The Morgan fingerprint density at radius 3 is 2.05 bits per heavy atom. The third-order valence-electron chi connectivity index (χ3n) is 6.15. The fourth-order valence-corrected chi connectivity index (χ4v) is 3.59. The number of aliphatic carboxylic acids is 1. The number of nitrogens with zero attached hydrogens (tertiary/aromatic N) is 1. The van der Waals surface area contributed by atoms with Crippen molar-refractivity contribution in [3.8, 4) is 5.75 Å². The Morgan fingerprint density at radius 1 is 0.949 bits per heavy atom. The maximum atomic E-state index is 13.4. The van der Waals surface area contributed by atoms with Crippen LogP contribution < -0.4 is 33.2 Å². The van der Waals surface area contributed by atoms with Crippen molar-refractivity contribution >= 4 is 29.7 Å². The molecule has 1 aromatic carbocycles. The number of aromatic hydroxyl groups is 1. The first-order valence-electron chi connectivity index (χ1n) is 12.7. The summed E-state index contributed by atoms with van der Waals surface area (Å²) < 4.78 is 0. The minimum Gasteiger partial charge on any atom is -0.508 e. The van der Waals surface area contributed by atoms with Gasteiger partial charge in [0.15, 0.2) is 12.0 Å². The van der Waals surface area contributed by atoms with E-state index >= 15 is 0 Å². The largest absolute Gasteiger partial charge is 0.508 e. The van der Waals surface area contributed by atoms with E-state index in [9.17, 15) is 34.5 Å². The van der Waals surface area contributed by atoms with Crippen molar-refractivity contribution in [1.29, 1.82) is 0 Å². The highest BCUT2D eigenvalue weighted by molar-refractivity contribution is 5.94. The van der Waals surface area contributed by atoms with Crippen molar-refractivity contribution in [3.05, 3.63) is 29.8 Å². The summed E-state index contributed by atoms with van der Waals surface area (Å²) in [6.45, 7) is 4.98. The van der Waals surface area contributed by atoms with Crippen LogP contribution in [0.15, 0.2) is 29.3 Å². The molecule has 0 saturated heterocycles. The molecule has 39 heavy (non-hydrogen) atoms. The molecule has 6 atom stereocenters. The zero-order valence-corrected chi connectivity index (χ0v) is 22.5. The van der Waals surface area contributed by atoms with Crippen molar-refractivity contribution in [2.24, 2.45) is 28.1 Å². The lowest BCUT2D eigenvalue weighted by Gasteiger charge is -2.28. The molecular formula is C25H41N7O7. The van der Waals surface area contributed by atoms with Gasteiger partial charge in [0.25, 0.3) is 0 Å². The molecule has 0 bridgehead atoms. The molecule has 3 amide bonds. The van der Waals surface area contributed by atoms with E-state index in [-0.39, 0.29) is 31.1 Å². The van der Waals surface area contributed by atoms with E-state index in [1.165, 1.54) is 19.1 Å². The predicted octanol–water partition coefficient (Wildman–Crippen LogP) is -1.72. The number of nitrogens with two attached hydrogens (primary N) is 3. The molecule has 0 radical (unpaired) electrons. The van der Waals surface area contributed by atoms with E-state index < -0.39 is 59.9 Å². The summed E-state index contributed by atoms with van der Waals surface area (Å²) in [5.41, 5.74) is 17.2. The number of phenols is 1. The molecule has 0 fully saturated rings. The first-order valence-corrected chi connectivity index (χ1v) is 12.7. The second-order valence-corrected chi connectivity index (χ2v) is 9.42. The normalized spacial score (nSPS) is 15.5. The first kappa shape index (κ1) is 33.1. The SMILES string of the molecule is CCC(C)C(NC(=O)C(Cc1ccc(O)cc1)NC(=O)C(N)CCCN=C(N)N)C(=O)NC(C(=O)O)C(C)O. The molecule has 0 aliphatic carbocycles. The van der Waals surface area contributed by atoms with Crippen LogP contribution in [0, 0.1) is 5.92 Å². The number of rotatable bonds is 16. The van der Waals surface area contributed by atoms with Gasteiger partial charge in [0.2, 0.25) is 17.7 Å². The number of carbonyl (C=O) groups is 4. The fourth-order valence-electron chi connectivity index (χ4n) is 3.59. The van der Waals surface area contributed by atoms with Gasteiger partial charge in [-0.3, -0.25) is 19.4 Å². The van der Waals surface area contributed by atoms with Crippen molar-refractivity contribution in [1.82, 2.24) is 16.0 Å². The number of carbonyl (C=O) groups excluding carboxylic acids is 3. The van der Waals surface area contributed by atoms with Crippen LogP contribution in [0.5, 0.6) is 5.75 Å².